The second-order valence-electron chi connectivity index (χ2n) is 6.75. The van der Waals surface area contributed by atoms with Crippen molar-refractivity contribution in [1.29, 1.82) is 0 Å². The fourth-order valence-corrected chi connectivity index (χ4v) is 3.07. The minimum absolute atomic E-state index is 0.188. The average Bonchev–Trinajstić information content (AvgIpc) is 2.77. The van der Waals surface area contributed by atoms with E-state index in [-0.39, 0.29) is 11.5 Å². The predicted molar refractivity (Wildman–Crippen MR) is 111 cm³/mol. The highest BCUT2D eigenvalue weighted by molar-refractivity contribution is 5.89. The molecular weight excluding hydrogens is 384 g/mol. The summed E-state index contributed by atoms with van der Waals surface area (Å²) in [5.74, 6) is -1.94. The summed E-state index contributed by atoms with van der Waals surface area (Å²) in [5.41, 5.74) is 0. The van der Waals surface area contributed by atoms with E-state index in [0.29, 0.717) is 0 Å². The Balaban J connectivity index is 1.42. The number of esters is 2. The molecule has 0 fully saturated rings. The van der Waals surface area contributed by atoms with E-state index in [9.17, 15) is 19.8 Å². The van der Waals surface area contributed by atoms with Crippen molar-refractivity contribution >= 4 is 33.5 Å². The van der Waals surface area contributed by atoms with Gasteiger partial charge in [0.15, 0.2) is 12.2 Å². The Morgan fingerprint density at radius 2 is 0.933 bits per heavy atom. The standard InChI is InChI=1S/C24H18O6/c25-21(23(27)29-19-11-9-15-5-1-3-7-17(15)13-19)22(26)24(28)30-20-12-10-16-6-2-4-8-18(16)14-20/h1-14,21-22,25-26H. The molecule has 0 aliphatic heterocycles. The van der Waals surface area contributed by atoms with E-state index in [4.69, 9.17) is 9.47 Å². The third-order valence-electron chi connectivity index (χ3n) is 4.66. The zero-order valence-electron chi connectivity index (χ0n) is 15.8. The van der Waals surface area contributed by atoms with E-state index in [2.05, 4.69) is 0 Å². The van der Waals surface area contributed by atoms with Crippen LogP contribution < -0.4 is 9.47 Å². The number of rotatable bonds is 5. The second-order valence-corrected chi connectivity index (χ2v) is 6.75. The number of benzene rings is 4. The molecule has 0 radical (unpaired) electrons. The van der Waals surface area contributed by atoms with Gasteiger partial charge in [0.05, 0.1) is 0 Å². The summed E-state index contributed by atoms with van der Waals surface area (Å²) >= 11 is 0. The molecule has 0 heterocycles. The van der Waals surface area contributed by atoms with E-state index in [0.717, 1.165) is 21.5 Å². The Bertz CT molecular complexity index is 1140. The van der Waals surface area contributed by atoms with Gasteiger partial charge in [-0.2, -0.15) is 0 Å². The lowest BCUT2D eigenvalue weighted by atomic mass is 10.1. The normalized spacial score (nSPS) is 13.0. The van der Waals surface area contributed by atoms with E-state index < -0.39 is 24.1 Å². The number of hydrogen-bond acceptors (Lipinski definition) is 6. The monoisotopic (exact) mass is 402 g/mol. The van der Waals surface area contributed by atoms with Gasteiger partial charge >= 0.3 is 11.9 Å². The minimum Gasteiger partial charge on any atom is -0.425 e. The van der Waals surface area contributed by atoms with Crippen LogP contribution >= 0.6 is 0 Å². The molecule has 4 aromatic carbocycles. The maximum atomic E-state index is 12.2. The van der Waals surface area contributed by atoms with E-state index in [1.807, 2.05) is 48.5 Å². The van der Waals surface area contributed by atoms with Crippen molar-refractivity contribution in [3.05, 3.63) is 84.9 Å². The third kappa shape index (κ3) is 4.15. The van der Waals surface area contributed by atoms with Gasteiger partial charge in [-0.15, -0.1) is 0 Å². The molecule has 0 aliphatic carbocycles. The van der Waals surface area contributed by atoms with Gasteiger partial charge in [-0.05, 0) is 45.8 Å². The lowest BCUT2D eigenvalue weighted by molar-refractivity contribution is -0.162. The van der Waals surface area contributed by atoms with Crippen LogP contribution in [0.25, 0.3) is 21.5 Å². The summed E-state index contributed by atoms with van der Waals surface area (Å²) in [6.07, 6.45) is -4.19. The van der Waals surface area contributed by atoms with Crippen molar-refractivity contribution in [2.45, 2.75) is 12.2 Å². The molecule has 0 aromatic heterocycles. The van der Waals surface area contributed by atoms with Gasteiger partial charge < -0.3 is 19.7 Å². The summed E-state index contributed by atoms with van der Waals surface area (Å²) in [6, 6.07) is 24.8. The molecule has 6 nitrogen and oxygen atoms in total. The van der Waals surface area contributed by atoms with Gasteiger partial charge in [0.2, 0.25) is 0 Å². The van der Waals surface area contributed by atoms with Crippen LogP contribution in [0, 0.1) is 0 Å². The summed E-state index contributed by atoms with van der Waals surface area (Å²) in [7, 11) is 0. The van der Waals surface area contributed by atoms with Crippen molar-refractivity contribution in [2.75, 3.05) is 0 Å². The zero-order valence-corrected chi connectivity index (χ0v) is 15.8. The maximum Gasteiger partial charge on any atom is 0.343 e. The van der Waals surface area contributed by atoms with Crippen LogP contribution in [0.15, 0.2) is 84.9 Å². The summed E-state index contributed by atoms with van der Waals surface area (Å²) in [5, 5.41) is 23.7. The lowest BCUT2D eigenvalue weighted by Crippen LogP contribution is -2.43. The number of carbonyl (C=O) groups excluding carboxylic acids is 2. The highest BCUT2D eigenvalue weighted by atomic mass is 16.6. The second kappa shape index (κ2) is 8.32. The SMILES string of the molecule is O=C(Oc1ccc2ccccc2c1)C(O)C(O)C(=O)Oc1ccc2ccccc2c1. The molecule has 0 saturated carbocycles. The number of aliphatic hydroxyl groups is 2. The van der Waals surface area contributed by atoms with Crippen molar-refractivity contribution in [1.82, 2.24) is 0 Å². The fraction of sp³-hybridized carbons (Fsp3) is 0.0833. The summed E-state index contributed by atoms with van der Waals surface area (Å²) < 4.78 is 10.2. The van der Waals surface area contributed by atoms with Gasteiger partial charge in [-0.25, -0.2) is 9.59 Å². The lowest BCUT2D eigenvalue weighted by Gasteiger charge is -2.16. The van der Waals surface area contributed by atoms with Gasteiger partial charge in [0.25, 0.3) is 0 Å². The first kappa shape index (κ1) is 19.6. The molecule has 4 rings (SSSR count). The molecule has 4 aromatic rings. The maximum absolute atomic E-state index is 12.2. The average molecular weight is 402 g/mol. The largest absolute Gasteiger partial charge is 0.425 e. The van der Waals surface area contributed by atoms with E-state index in [1.165, 1.54) is 0 Å². The summed E-state index contributed by atoms with van der Waals surface area (Å²) in [6.45, 7) is 0. The van der Waals surface area contributed by atoms with Crippen molar-refractivity contribution in [3.63, 3.8) is 0 Å². The molecule has 0 saturated heterocycles. The minimum atomic E-state index is -2.09. The number of hydrogen-bond donors (Lipinski definition) is 2. The molecule has 0 bridgehead atoms. The quantitative estimate of drug-likeness (QED) is 0.393. The van der Waals surface area contributed by atoms with E-state index in [1.54, 1.807) is 36.4 Å². The molecule has 6 heteroatoms. The Kier molecular flexibility index (Phi) is 5.43. The fourth-order valence-electron chi connectivity index (χ4n) is 3.07. The van der Waals surface area contributed by atoms with Crippen LogP contribution in [-0.4, -0.2) is 34.4 Å². The first-order valence-corrected chi connectivity index (χ1v) is 9.28. The number of fused-ring (bicyclic) bond motifs is 2. The molecule has 2 N–H and O–H groups in total. The molecule has 150 valence electrons. The van der Waals surface area contributed by atoms with Crippen LogP contribution in [-0.2, 0) is 9.59 Å². The first-order valence-electron chi connectivity index (χ1n) is 9.28. The van der Waals surface area contributed by atoms with Crippen molar-refractivity contribution < 1.29 is 29.3 Å². The smallest absolute Gasteiger partial charge is 0.343 e. The topological polar surface area (TPSA) is 93.1 Å². The van der Waals surface area contributed by atoms with Crippen LogP contribution in [0.4, 0.5) is 0 Å². The van der Waals surface area contributed by atoms with Crippen molar-refractivity contribution in [2.24, 2.45) is 0 Å². The van der Waals surface area contributed by atoms with Crippen LogP contribution in [0.1, 0.15) is 0 Å². The zero-order chi connectivity index (χ0) is 21.1. The Labute approximate surface area is 171 Å². The predicted octanol–water partition coefficient (Wildman–Crippen LogP) is 3.23. The van der Waals surface area contributed by atoms with E-state index >= 15 is 0 Å². The molecule has 0 aliphatic rings. The Morgan fingerprint density at radius 1 is 0.567 bits per heavy atom. The Hall–Kier alpha value is -3.74. The Morgan fingerprint density at radius 3 is 1.33 bits per heavy atom. The third-order valence-corrected chi connectivity index (χ3v) is 4.66. The number of aliphatic hydroxyl groups excluding tert-OH is 2. The number of ether oxygens (including phenoxy) is 2. The summed E-state index contributed by atoms with van der Waals surface area (Å²) in [4.78, 5) is 24.4. The van der Waals surface area contributed by atoms with Crippen LogP contribution in [0.5, 0.6) is 11.5 Å². The molecule has 2 unspecified atom stereocenters. The molecule has 30 heavy (non-hydrogen) atoms. The van der Waals surface area contributed by atoms with Crippen LogP contribution in [0.2, 0.25) is 0 Å². The van der Waals surface area contributed by atoms with Gasteiger partial charge in [0, 0.05) is 0 Å². The molecule has 2 atom stereocenters. The highest BCUT2D eigenvalue weighted by Crippen LogP contribution is 2.22. The first-order chi connectivity index (χ1) is 14.5. The highest BCUT2D eigenvalue weighted by Gasteiger charge is 2.33. The van der Waals surface area contributed by atoms with Gasteiger partial charge in [-0.1, -0.05) is 60.7 Å². The van der Waals surface area contributed by atoms with Gasteiger partial charge in [0.1, 0.15) is 11.5 Å². The molecule has 0 amide bonds. The van der Waals surface area contributed by atoms with Crippen molar-refractivity contribution in [3.8, 4) is 11.5 Å². The number of carbonyl (C=O) groups is 2. The van der Waals surface area contributed by atoms with Crippen LogP contribution in [0.3, 0.4) is 0 Å². The molecular formula is C24H18O6. The van der Waals surface area contributed by atoms with Gasteiger partial charge in [-0.3, -0.25) is 0 Å². The molecule has 0 spiro atoms.